The second-order valence-electron chi connectivity index (χ2n) is 6.27. The number of ether oxygens (including phenoxy) is 1. The first-order valence-electron chi connectivity index (χ1n) is 8.72. The first kappa shape index (κ1) is 21.3. The molecular formula is C21H18F2N2O4S. The molecule has 0 saturated carbocycles. The first-order valence-corrected chi connectivity index (χ1v) is 10.2. The van der Waals surface area contributed by atoms with Gasteiger partial charge in [0.05, 0.1) is 23.4 Å². The Bertz CT molecular complexity index is 1160. The summed E-state index contributed by atoms with van der Waals surface area (Å²) < 4.78 is 58.4. The molecule has 6 nitrogen and oxygen atoms in total. The van der Waals surface area contributed by atoms with E-state index in [0.717, 1.165) is 16.4 Å². The summed E-state index contributed by atoms with van der Waals surface area (Å²) in [5, 5.41) is 2.34. The van der Waals surface area contributed by atoms with Crippen LogP contribution in [0.25, 0.3) is 0 Å². The fraction of sp³-hybridized carbons (Fsp3) is 0.0952. The number of carbonyl (C=O) groups is 1. The zero-order valence-corrected chi connectivity index (χ0v) is 16.9. The van der Waals surface area contributed by atoms with Crippen molar-refractivity contribution in [3.05, 3.63) is 83.9 Å². The number of benzene rings is 3. The number of hydrogen-bond donors (Lipinski definition) is 1. The summed E-state index contributed by atoms with van der Waals surface area (Å²) in [7, 11) is -0.941. The summed E-state index contributed by atoms with van der Waals surface area (Å²) in [4.78, 5) is 12.4. The van der Waals surface area contributed by atoms with E-state index in [4.69, 9.17) is 4.74 Å². The third kappa shape index (κ3) is 4.41. The van der Waals surface area contributed by atoms with Crippen LogP contribution >= 0.6 is 0 Å². The smallest absolute Gasteiger partial charge is 0.264 e. The van der Waals surface area contributed by atoms with Crippen molar-refractivity contribution in [2.45, 2.75) is 4.90 Å². The van der Waals surface area contributed by atoms with Crippen LogP contribution in [0.5, 0.6) is 5.75 Å². The fourth-order valence-corrected chi connectivity index (χ4v) is 3.85. The van der Waals surface area contributed by atoms with Crippen molar-refractivity contribution in [1.82, 2.24) is 0 Å². The zero-order chi connectivity index (χ0) is 21.9. The molecule has 156 valence electrons. The second kappa shape index (κ2) is 8.50. The van der Waals surface area contributed by atoms with Crippen LogP contribution in [0.3, 0.4) is 0 Å². The molecule has 1 amide bonds. The van der Waals surface area contributed by atoms with Gasteiger partial charge in [-0.05, 0) is 60.7 Å². The molecule has 0 fully saturated rings. The molecule has 3 aromatic rings. The van der Waals surface area contributed by atoms with E-state index < -0.39 is 27.6 Å². The zero-order valence-electron chi connectivity index (χ0n) is 16.1. The van der Waals surface area contributed by atoms with E-state index in [2.05, 4.69) is 5.32 Å². The van der Waals surface area contributed by atoms with Gasteiger partial charge < -0.3 is 10.1 Å². The molecule has 3 rings (SSSR count). The highest BCUT2D eigenvalue weighted by atomic mass is 32.2. The minimum Gasteiger partial charge on any atom is -0.497 e. The normalized spacial score (nSPS) is 11.1. The highest BCUT2D eigenvalue weighted by Crippen LogP contribution is 2.24. The lowest BCUT2D eigenvalue weighted by Crippen LogP contribution is -2.26. The van der Waals surface area contributed by atoms with E-state index in [1.54, 1.807) is 12.1 Å². The predicted octanol–water partition coefficient (Wildman–Crippen LogP) is 4.05. The van der Waals surface area contributed by atoms with Crippen LogP contribution in [-0.2, 0) is 10.0 Å². The number of carbonyl (C=O) groups excluding carboxylic acids is 1. The summed E-state index contributed by atoms with van der Waals surface area (Å²) in [5.41, 5.74) is 0.345. The molecule has 0 atom stereocenters. The molecule has 0 radical (unpaired) electrons. The van der Waals surface area contributed by atoms with Gasteiger partial charge in [-0.25, -0.2) is 17.2 Å². The quantitative estimate of drug-likeness (QED) is 0.638. The molecule has 0 heterocycles. The van der Waals surface area contributed by atoms with Crippen LogP contribution in [0.2, 0.25) is 0 Å². The monoisotopic (exact) mass is 432 g/mol. The van der Waals surface area contributed by atoms with Gasteiger partial charge in [0.15, 0.2) is 0 Å². The van der Waals surface area contributed by atoms with Crippen molar-refractivity contribution in [3.8, 4) is 5.75 Å². The van der Waals surface area contributed by atoms with E-state index in [1.807, 2.05) is 0 Å². The largest absolute Gasteiger partial charge is 0.497 e. The van der Waals surface area contributed by atoms with Crippen molar-refractivity contribution in [2.75, 3.05) is 23.8 Å². The number of rotatable bonds is 6. The van der Waals surface area contributed by atoms with Crippen LogP contribution in [0.1, 0.15) is 10.4 Å². The molecule has 0 aliphatic rings. The van der Waals surface area contributed by atoms with Gasteiger partial charge in [-0.2, -0.15) is 0 Å². The SMILES string of the molecule is COc1ccc(S(=O)(=O)N(C)c2ccc(C(=O)Nc3ccc(F)cc3F)cc2)cc1. The Morgan fingerprint density at radius 2 is 1.60 bits per heavy atom. The molecule has 0 bridgehead atoms. The number of methoxy groups -OCH3 is 1. The van der Waals surface area contributed by atoms with Crippen molar-refractivity contribution < 1.29 is 26.7 Å². The van der Waals surface area contributed by atoms with Gasteiger partial charge in [0.25, 0.3) is 15.9 Å². The topological polar surface area (TPSA) is 75.7 Å². The Kier molecular flexibility index (Phi) is 6.02. The van der Waals surface area contributed by atoms with Gasteiger partial charge in [-0.15, -0.1) is 0 Å². The molecule has 0 saturated heterocycles. The molecule has 1 N–H and O–H groups in total. The average Bonchev–Trinajstić information content (AvgIpc) is 2.75. The molecule has 30 heavy (non-hydrogen) atoms. The van der Waals surface area contributed by atoms with Crippen LogP contribution in [-0.4, -0.2) is 28.5 Å². The fourth-order valence-electron chi connectivity index (χ4n) is 2.65. The maximum atomic E-state index is 13.7. The molecule has 9 heteroatoms. The van der Waals surface area contributed by atoms with Crippen molar-refractivity contribution in [3.63, 3.8) is 0 Å². The Hall–Kier alpha value is -3.46. The minimum atomic E-state index is -3.82. The lowest BCUT2D eigenvalue weighted by Gasteiger charge is -2.20. The highest BCUT2D eigenvalue weighted by Gasteiger charge is 2.21. The lowest BCUT2D eigenvalue weighted by atomic mass is 10.2. The van der Waals surface area contributed by atoms with E-state index >= 15 is 0 Å². The summed E-state index contributed by atoms with van der Waals surface area (Å²) >= 11 is 0. The maximum absolute atomic E-state index is 13.7. The maximum Gasteiger partial charge on any atom is 0.264 e. The van der Waals surface area contributed by atoms with Crippen LogP contribution in [0.15, 0.2) is 71.6 Å². The molecule has 3 aromatic carbocycles. The average molecular weight is 432 g/mol. The lowest BCUT2D eigenvalue weighted by molar-refractivity contribution is 0.102. The number of nitrogens with zero attached hydrogens (tertiary/aromatic N) is 1. The third-order valence-electron chi connectivity index (χ3n) is 4.39. The van der Waals surface area contributed by atoms with E-state index in [9.17, 15) is 22.0 Å². The molecule has 0 spiro atoms. The number of amides is 1. The van der Waals surface area contributed by atoms with Crippen LogP contribution in [0.4, 0.5) is 20.2 Å². The summed E-state index contributed by atoms with van der Waals surface area (Å²) in [6.45, 7) is 0. The van der Waals surface area contributed by atoms with Gasteiger partial charge in [0.2, 0.25) is 0 Å². The highest BCUT2D eigenvalue weighted by molar-refractivity contribution is 7.92. The predicted molar refractivity (Wildman–Crippen MR) is 109 cm³/mol. The minimum absolute atomic E-state index is 0.0828. The molecule has 0 aliphatic heterocycles. The summed E-state index contributed by atoms with van der Waals surface area (Å²) in [6.07, 6.45) is 0. The molecule has 0 aliphatic carbocycles. The standard InChI is InChI=1S/C21H18F2N2O4S/c1-25(30(27,28)18-10-8-17(29-2)9-11-18)16-6-3-14(4-7-16)21(26)24-20-12-5-15(22)13-19(20)23/h3-13H,1-2H3,(H,24,26). The first-order chi connectivity index (χ1) is 14.2. The van der Waals surface area contributed by atoms with Crippen LogP contribution in [0, 0.1) is 11.6 Å². The molecular weight excluding hydrogens is 414 g/mol. The number of nitrogens with one attached hydrogen (secondary N) is 1. The number of hydrogen-bond acceptors (Lipinski definition) is 4. The number of anilines is 2. The van der Waals surface area contributed by atoms with Crippen LogP contribution < -0.4 is 14.4 Å². The second-order valence-corrected chi connectivity index (χ2v) is 8.24. The Balaban J connectivity index is 1.77. The number of halogens is 2. The molecule has 0 unspecified atom stereocenters. The third-order valence-corrected chi connectivity index (χ3v) is 6.19. The Morgan fingerprint density at radius 1 is 0.967 bits per heavy atom. The van der Waals surface area contributed by atoms with Gasteiger partial charge in [-0.1, -0.05) is 0 Å². The number of sulfonamides is 1. The Morgan fingerprint density at radius 3 is 2.17 bits per heavy atom. The summed E-state index contributed by atoms with van der Waals surface area (Å²) in [6, 6.07) is 14.5. The van der Waals surface area contributed by atoms with Gasteiger partial charge in [0, 0.05) is 18.7 Å². The van der Waals surface area contributed by atoms with E-state index in [1.165, 1.54) is 50.6 Å². The van der Waals surface area contributed by atoms with E-state index in [-0.39, 0.29) is 16.1 Å². The Labute approximate surface area is 172 Å². The van der Waals surface area contributed by atoms with Gasteiger partial charge in [-0.3, -0.25) is 9.10 Å². The molecule has 0 aromatic heterocycles. The summed E-state index contributed by atoms with van der Waals surface area (Å²) in [5.74, 6) is -1.74. The van der Waals surface area contributed by atoms with E-state index in [0.29, 0.717) is 17.5 Å². The van der Waals surface area contributed by atoms with Crippen molar-refractivity contribution >= 4 is 27.3 Å². The van der Waals surface area contributed by atoms with Crippen molar-refractivity contribution in [1.29, 1.82) is 0 Å². The van der Waals surface area contributed by atoms with Crippen molar-refractivity contribution in [2.24, 2.45) is 0 Å². The van der Waals surface area contributed by atoms with Gasteiger partial charge >= 0.3 is 0 Å². The van der Waals surface area contributed by atoms with Gasteiger partial charge in [0.1, 0.15) is 17.4 Å².